The van der Waals surface area contributed by atoms with Crippen LogP contribution < -0.4 is 0 Å². The van der Waals surface area contributed by atoms with Crippen LogP contribution in [0.2, 0.25) is 0 Å². The molecule has 0 aliphatic heterocycles. The first-order valence-corrected chi connectivity index (χ1v) is 4.62. The van der Waals surface area contributed by atoms with E-state index in [9.17, 15) is 10.2 Å². The molecule has 2 atom stereocenters. The highest BCUT2D eigenvalue weighted by Crippen LogP contribution is 2.09. The maximum absolute atomic E-state index is 9.51. The van der Waals surface area contributed by atoms with Crippen molar-refractivity contribution < 1.29 is 14.6 Å². The van der Waals surface area contributed by atoms with Gasteiger partial charge in [-0.3, -0.25) is 0 Å². The van der Waals surface area contributed by atoms with E-state index in [1.807, 2.05) is 6.92 Å². The van der Waals surface area contributed by atoms with Gasteiger partial charge in [-0.2, -0.15) is 0 Å². The van der Waals surface area contributed by atoms with Gasteiger partial charge in [0, 0.05) is 6.42 Å². The Bertz CT molecular complexity index is 218. The summed E-state index contributed by atoms with van der Waals surface area (Å²) in [4.78, 5) is 0. The van der Waals surface area contributed by atoms with E-state index in [2.05, 4.69) is 0 Å². The third kappa shape index (κ3) is 3.20. The zero-order valence-electron chi connectivity index (χ0n) is 7.81. The van der Waals surface area contributed by atoms with Crippen molar-refractivity contribution in [2.24, 2.45) is 0 Å². The number of hydrogen-bond acceptors (Lipinski definition) is 3. The van der Waals surface area contributed by atoms with Gasteiger partial charge in [-0.05, 0) is 18.6 Å². The van der Waals surface area contributed by atoms with Crippen LogP contribution in [0.1, 0.15) is 25.5 Å². The maximum atomic E-state index is 9.51. The van der Waals surface area contributed by atoms with Crippen LogP contribution >= 0.6 is 0 Å². The van der Waals surface area contributed by atoms with Gasteiger partial charge < -0.3 is 14.6 Å². The molecule has 3 nitrogen and oxygen atoms in total. The van der Waals surface area contributed by atoms with E-state index in [0.717, 1.165) is 6.42 Å². The predicted molar refractivity (Wildman–Crippen MR) is 49.3 cm³/mol. The fourth-order valence-corrected chi connectivity index (χ4v) is 1.26. The molecular formula is C10H16O3. The molecule has 1 aromatic rings. The predicted octanol–water partition coefficient (Wildman–Crippen LogP) is 1.34. The molecule has 0 bridgehead atoms. The van der Waals surface area contributed by atoms with Crippen molar-refractivity contribution in [3.8, 4) is 0 Å². The monoisotopic (exact) mass is 184 g/mol. The summed E-state index contributed by atoms with van der Waals surface area (Å²) in [5, 5.41) is 18.9. The van der Waals surface area contributed by atoms with Gasteiger partial charge in [-0.25, -0.2) is 0 Å². The second kappa shape index (κ2) is 5.04. The lowest BCUT2D eigenvalue weighted by atomic mass is 10.1. The maximum Gasteiger partial charge on any atom is 0.106 e. The lowest BCUT2D eigenvalue weighted by Crippen LogP contribution is -2.27. The summed E-state index contributed by atoms with van der Waals surface area (Å²) in [5.41, 5.74) is 0. The van der Waals surface area contributed by atoms with Crippen molar-refractivity contribution in [1.82, 2.24) is 0 Å². The summed E-state index contributed by atoms with van der Waals surface area (Å²) in [5.74, 6) is 0.711. The van der Waals surface area contributed by atoms with Gasteiger partial charge in [-0.1, -0.05) is 13.3 Å². The molecule has 0 aromatic carbocycles. The molecule has 74 valence electrons. The second-order valence-electron chi connectivity index (χ2n) is 3.21. The molecule has 0 radical (unpaired) electrons. The van der Waals surface area contributed by atoms with Crippen LogP contribution in [-0.2, 0) is 6.42 Å². The third-order valence-electron chi connectivity index (χ3n) is 2.02. The minimum Gasteiger partial charge on any atom is -0.469 e. The molecule has 1 aromatic heterocycles. The Morgan fingerprint density at radius 3 is 2.69 bits per heavy atom. The van der Waals surface area contributed by atoms with E-state index in [4.69, 9.17) is 4.42 Å². The Balaban J connectivity index is 2.36. The Morgan fingerprint density at radius 1 is 1.38 bits per heavy atom. The quantitative estimate of drug-likeness (QED) is 0.726. The van der Waals surface area contributed by atoms with Gasteiger partial charge in [0.25, 0.3) is 0 Å². The smallest absolute Gasteiger partial charge is 0.106 e. The molecule has 0 saturated heterocycles. The van der Waals surface area contributed by atoms with E-state index in [-0.39, 0.29) is 0 Å². The van der Waals surface area contributed by atoms with Gasteiger partial charge in [0.15, 0.2) is 0 Å². The number of rotatable bonds is 5. The van der Waals surface area contributed by atoms with Gasteiger partial charge >= 0.3 is 0 Å². The van der Waals surface area contributed by atoms with Gasteiger partial charge in [0.05, 0.1) is 18.5 Å². The van der Waals surface area contributed by atoms with E-state index in [1.54, 1.807) is 18.4 Å². The molecule has 1 rings (SSSR count). The fraction of sp³-hybridized carbons (Fsp3) is 0.600. The van der Waals surface area contributed by atoms with Crippen LogP contribution in [0.25, 0.3) is 0 Å². The van der Waals surface area contributed by atoms with E-state index in [0.29, 0.717) is 18.6 Å². The third-order valence-corrected chi connectivity index (χ3v) is 2.02. The van der Waals surface area contributed by atoms with Gasteiger partial charge in [0.1, 0.15) is 5.76 Å². The molecular weight excluding hydrogens is 168 g/mol. The van der Waals surface area contributed by atoms with Crippen LogP contribution in [-0.4, -0.2) is 22.4 Å². The van der Waals surface area contributed by atoms with Crippen molar-refractivity contribution in [2.75, 3.05) is 0 Å². The first-order chi connectivity index (χ1) is 6.24. The van der Waals surface area contributed by atoms with Crippen LogP contribution in [0.4, 0.5) is 0 Å². The lowest BCUT2D eigenvalue weighted by Gasteiger charge is -2.15. The first kappa shape index (κ1) is 10.3. The number of furan rings is 1. The summed E-state index contributed by atoms with van der Waals surface area (Å²) in [6.07, 6.45) is 2.09. The van der Waals surface area contributed by atoms with Crippen molar-refractivity contribution in [2.45, 2.75) is 38.4 Å². The lowest BCUT2D eigenvalue weighted by molar-refractivity contribution is 0.0121. The first-order valence-electron chi connectivity index (χ1n) is 4.62. The number of aliphatic hydroxyl groups excluding tert-OH is 2. The Kier molecular flexibility index (Phi) is 3.99. The SMILES string of the molecule is CCCC(O)C(O)Cc1ccco1. The average Bonchev–Trinajstić information content (AvgIpc) is 2.57. The van der Waals surface area contributed by atoms with Gasteiger partial charge in [-0.15, -0.1) is 0 Å². The van der Waals surface area contributed by atoms with Crippen molar-refractivity contribution >= 4 is 0 Å². The highest BCUT2D eigenvalue weighted by Gasteiger charge is 2.16. The number of aliphatic hydroxyl groups is 2. The molecule has 0 aliphatic carbocycles. The zero-order chi connectivity index (χ0) is 9.68. The van der Waals surface area contributed by atoms with Crippen LogP contribution in [0, 0.1) is 0 Å². The molecule has 0 aliphatic rings. The molecule has 2 unspecified atom stereocenters. The standard InChI is InChI=1S/C10H16O3/c1-2-4-9(11)10(12)7-8-5-3-6-13-8/h3,5-6,9-12H,2,4,7H2,1H3. The molecule has 0 spiro atoms. The molecule has 0 amide bonds. The molecule has 2 N–H and O–H groups in total. The Hall–Kier alpha value is -0.800. The summed E-state index contributed by atoms with van der Waals surface area (Å²) in [6.45, 7) is 1.98. The fourth-order valence-electron chi connectivity index (χ4n) is 1.26. The van der Waals surface area contributed by atoms with E-state index < -0.39 is 12.2 Å². The summed E-state index contributed by atoms with van der Waals surface area (Å²) in [7, 11) is 0. The molecule has 0 fully saturated rings. The van der Waals surface area contributed by atoms with E-state index in [1.165, 1.54) is 0 Å². The molecule has 3 heteroatoms. The van der Waals surface area contributed by atoms with E-state index >= 15 is 0 Å². The number of hydrogen-bond donors (Lipinski definition) is 2. The summed E-state index contributed by atoms with van der Waals surface area (Å²) < 4.78 is 5.06. The summed E-state index contributed by atoms with van der Waals surface area (Å²) in [6, 6.07) is 3.57. The highest BCUT2D eigenvalue weighted by atomic mass is 16.3. The van der Waals surface area contributed by atoms with Crippen LogP contribution in [0.15, 0.2) is 22.8 Å². The molecule has 13 heavy (non-hydrogen) atoms. The molecule has 1 heterocycles. The highest BCUT2D eigenvalue weighted by molar-refractivity contribution is 5.00. The molecule has 0 saturated carbocycles. The van der Waals surface area contributed by atoms with Crippen LogP contribution in [0.3, 0.4) is 0 Å². The van der Waals surface area contributed by atoms with Crippen molar-refractivity contribution in [3.63, 3.8) is 0 Å². The Morgan fingerprint density at radius 2 is 2.15 bits per heavy atom. The minimum atomic E-state index is -0.717. The largest absolute Gasteiger partial charge is 0.469 e. The normalized spacial score (nSPS) is 15.6. The topological polar surface area (TPSA) is 53.6 Å². The van der Waals surface area contributed by atoms with Crippen LogP contribution in [0.5, 0.6) is 0 Å². The second-order valence-corrected chi connectivity index (χ2v) is 3.21. The zero-order valence-corrected chi connectivity index (χ0v) is 7.81. The Labute approximate surface area is 78.0 Å². The minimum absolute atomic E-state index is 0.383. The average molecular weight is 184 g/mol. The summed E-state index contributed by atoms with van der Waals surface area (Å²) >= 11 is 0. The van der Waals surface area contributed by atoms with Crippen molar-refractivity contribution in [3.05, 3.63) is 24.2 Å². The van der Waals surface area contributed by atoms with Crippen molar-refractivity contribution in [1.29, 1.82) is 0 Å². The van der Waals surface area contributed by atoms with Gasteiger partial charge in [0.2, 0.25) is 0 Å².